The van der Waals surface area contributed by atoms with Gasteiger partial charge in [-0.3, -0.25) is 4.90 Å². The van der Waals surface area contributed by atoms with Crippen LogP contribution in [0.5, 0.6) is 0 Å². The van der Waals surface area contributed by atoms with Crippen LogP contribution in [-0.2, 0) is 13.1 Å². The van der Waals surface area contributed by atoms with Crippen LogP contribution in [0.2, 0.25) is 0 Å². The predicted molar refractivity (Wildman–Crippen MR) is 76.9 cm³/mol. The summed E-state index contributed by atoms with van der Waals surface area (Å²) >= 11 is 1.77. The minimum Gasteiger partial charge on any atom is -0.311 e. The maximum atomic E-state index is 4.69. The van der Waals surface area contributed by atoms with Gasteiger partial charge in [-0.25, -0.2) is 4.98 Å². The van der Waals surface area contributed by atoms with Crippen LogP contribution in [0.1, 0.15) is 24.0 Å². The van der Waals surface area contributed by atoms with Crippen LogP contribution in [0, 0.1) is 0 Å². The lowest BCUT2D eigenvalue weighted by Crippen LogP contribution is -2.28. The molecule has 0 spiro atoms. The standard InChI is InChI=1S/C13H24N4S/c1-3-14-9-13-15-12(11-18-13)10-17-6-4-5-16(2)7-8-17/h11,14H,3-10H2,1-2H3. The maximum absolute atomic E-state index is 4.69. The van der Waals surface area contributed by atoms with Crippen molar-refractivity contribution in [2.75, 3.05) is 39.8 Å². The van der Waals surface area contributed by atoms with Crippen LogP contribution >= 0.6 is 11.3 Å². The van der Waals surface area contributed by atoms with Crippen molar-refractivity contribution in [1.29, 1.82) is 0 Å². The molecule has 18 heavy (non-hydrogen) atoms. The zero-order valence-electron chi connectivity index (χ0n) is 11.5. The largest absolute Gasteiger partial charge is 0.311 e. The fourth-order valence-corrected chi connectivity index (χ4v) is 2.98. The van der Waals surface area contributed by atoms with E-state index in [4.69, 9.17) is 4.98 Å². The van der Waals surface area contributed by atoms with E-state index in [-0.39, 0.29) is 0 Å². The number of nitrogens with zero attached hydrogens (tertiary/aromatic N) is 3. The number of rotatable bonds is 5. The van der Waals surface area contributed by atoms with E-state index >= 15 is 0 Å². The Balaban J connectivity index is 1.82. The van der Waals surface area contributed by atoms with Gasteiger partial charge in [0.1, 0.15) is 5.01 Å². The molecule has 2 heterocycles. The number of likely N-dealkylation sites (N-methyl/N-ethyl adjacent to an activating group) is 1. The molecule has 0 unspecified atom stereocenters. The molecule has 0 saturated carbocycles. The second-order valence-corrected chi connectivity index (χ2v) is 5.89. The summed E-state index contributed by atoms with van der Waals surface area (Å²) in [6.45, 7) is 9.81. The van der Waals surface area contributed by atoms with Crippen molar-refractivity contribution < 1.29 is 0 Å². The summed E-state index contributed by atoms with van der Waals surface area (Å²) in [6.07, 6.45) is 1.27. The third kappa shape index (κ3) is 4.31. The summed E-state index contributed by atoms with van der Waals surface area (Å²) in [5.41, 5.74) is 1.23. The Morgan fingerprint density at radius 2 is 2.22 bits per heavy atom. The van der Waals surface area contributed by atoms with Gasteiger partial charge in [-0.05, 0) is 33.1 Å². The van der Waals surface area contributed by atoms with E-state index in [0.29, 0.717) is 0 Å². The molecule has 0 amide bonds. The lowest BCUT2D eigenvalue weighted by atomic mass is 10.3. The quantitative estimate of drug-likeness (QED) is 0.874. The van der Waals surface area contributed by atoms with Crippen molar-refractivity contribution in [3.63, 3.8) is 0 Å². The first-order valence-electron chi connectivity index (χ1n) is 6.83. The first kappa shape index (κ1) is 13.9. The van der Waals surface area contributed by atoms with Crippen molar-refractivity contribution in [2.45, 2.75) is 26.4 Å². The Bertz CT molecular complexity index is 353. The Kier molecular flexibility index (Phi) is 5.56. The van der Waals surface area contributed by atoms with Crippen LogP contribution in [0.3, 0.4) is 0 Å². The van der Waals surface area contributed by atoms with Crippen molar-refractivity contribution in [3.8, 4) is 0 Å². The zero-order valence-corrected chi connectivity index (χ0v) is 12.3. The molecule has 1 saturated heterocycles. The number of hydrogen-bond donors (Lipinski definition) is 1. The smallest absolute Gasteiger partial charge is 0.107 e. The minimum atomic E-state index is 0.907. The fourth-order valence-electron chi connectivity index (χ4n) is 2.22. The van der Waals surface area contributed by atoms with Gasteiger partial charge in [-0.15, -0.1) is 11.3 Å². The van der Waals surface area contributed by atoms with Crippen LogP contribution < -0.4 is 5.32 Å². The predicted octanol–water partition coefficient (Wildman–Crippen LogP) is 1.39. The number of hydrogen-bond acceptors (Lipinski definition) is 5. The van der Waals surface area contributed by atoms with Gasteiger partial charge in [0.15, 0.2) is 0 Å². The van der Waals surface area contributed by atoms with Crippen LogP contribution in [0.4, 0.5) is 0 Å². The summed E-state index contributed by atoms with van der Waals surface area (Å²) in [7, 11) is 2.21. The van der Waals surface area contributed by atoms with Gasteiger partial charge < -0.3 is 10.2 Å². The molecule has 1 aliphatic rings. The summed E-state index contributed by atoms with van der Waals surface area (Å²) < 4.78 is 0. The molecule has 1 N–H and O–H groups in total. The second-order valence-electron chi connectivity index (χ2n) is 4.95. The van der Waals surface area contributed by atoms with Crippen molar-refractivity contribution in [1.82, 2.24) is 20.1 Å². The van der Waals surface area contributed by atoms with Gasteiger partial charge in [-0.2, -0.15) is 0 Å². The highest BCUT2D eigenvalue weighted by molar-refractivity contribution is 7.09. The van der Waals surface area contributed by atoms with E-state index in [0.717, 1.165) is 26.2 Å². The van der Waals surface area contributed by atoms with Crippen LogP contribution in [0.15, 0.2) is 5.38 Å². The summed E-state index contributed by atoms with van der Waals surface area (Å²) in [4.78, 5) is 9.63. The van der Waals surface area contributed by atoms with E-state index in [1.165, 1.54) is 36.8 Å². The van der Waals surface area contributed by atoms with Crippen molar-refractivity contribution in [3.05, 3.63) is 16.1 Å². The normalized spacial score (nSPS) is 19.0. The molecular weight excluding hydrogens is 244 g/mol. The Morgan fingerprint density at radius 1 is 1.33 bits per heavy atom. The molecule has 1 aliphatic heterocycles. The molecule has 0 aromatic carbocycles. The average Bonchev–Trinajstić information content (AvgIpc) is 2.70. The molecular formula is C13H24N4S. The summed E-state index contributed by atoms with van der Waals surface area (Å²) in [5.74, 6) is 0. The molecule has 4 nitrogen and oxygen atoms in total. The highest BCUT2D eigenvalue weighted by Gasteiger charge is 2.13. The number of aromatic nitrogens is 1. The Morgan fingerprint density at radius 3 is 3.06 bits per heavy atom. The Labute approximate surface area is 114 Å². The molecule has 0 atom stereocenters. The van der Waals surface area contributed by atoms with Crippen molar-refractivity contribution >= 4 is 11.3 Å². The first-order chi connectivity index (χ1) is 8.78. The minimum absolute atomic E-state index is 0.907. The lowest BCUT2D eigenvalue weighted by Gasteiger charge is -2.18. The monoisotopic (exact) mass is 268 g/mol. The number of thiazole rings is 1. The second kappa shape index (κ2) is 7.19. The molecule has 0 bridgehead atoms. The third-order valence-electron chi connectivity index (χ3n) is 3.32. The van der Waals surface area contributed by atoms with E-state index in [1.807, 2.05) is 0 Å². The van der Waals surface area contributed by atoms with Gasteiger partial charge in [0.25, 0.3) is 0 Å². The third-order valence-corrected chi connectivity index (χ3v) is 4.22. The van der Waals surface area contributed by atoms with E-state index in [2.05, 4.69) is 34.5 Å². The van der Waals surface area contributed by atoms with Crippen LogP contribution in [-0.4, -0.2) is 54.6 Å². The Hall–Kier alpha value is -0.490. The topological polar surface area (TPSA) is 31.4 Å². The maximum Gasteiger partial charge on any atom is 0.107 e. The molecule has 1 aromatic rings. The lowest BCUT2D eigenvalue weighted by molar-refractivity contribution is 0.267. The van der Waals surface area contributed by atoms with E-state index < -0.39 is 0 Å². The molecule has 5 heteroatoms. The van der Waals surface area contributed by atoms with E-state index in [1.54, 1.807) is 11.3 Å². The average molecular weight is 268 g/mol. The molecule has 1 aromatic heterocycles. The van der Waals surface area contributed by atoms with Gasteiger partial charge in [-0.1, -0.05) is 6.92 Å². The molecule has 102 valence electrons. The van der Waals surface area contributed by atoms with Gasteiger partial charge in [0.2, 0.25) is 0 Å². The molecule has 1 fully saturated rings. The first-order valence-corrected chi connectivity index (χ1v) is 7.71. The molecule has 0 radical (unpaired) electrons. The van der Waals surface area contributed by atoms with Gasteiger partial charge in [0.05, 0.1) is 5.69 Å². The fraction of sp³-hybridized carbons (Fsp3) is 0.769. The van der Waals surface area contributed by atoms with Crippen molar-refractivity contribution in [2.24, 2.45) is 0 Å². The summed E-state index contributed by atoms with van der Waals surface area (Å²) in [5, 5.41) is 6.74. The van der Waals surface area contributed by atoms with Gasteiger partial charge >= 0.3 is 0 Å². The molecule has 0 aliphatic carbocycles. The van der Waals surface area contributed by atoms with Gasteiger partial charge in [0, 0.05) is 31.6 Å². The zero-order chi connectivity index (χ0) is 12.8. The highest BCUT2D eigenvalue weighted by Crippen LogP contribution is 2.13. The highest BCUT2D eigenvalue weighted by atomic mass is 32.1. The SMILES string of the molecule is CCNCc1nc(CN2CCCN(C)CC2)cs1. The summed E-state index contributed by atoms with van der Waals surface area (Å²) in [6, 6.07) is 0. The number of nitrogens with one attached hydrogen (secondary N) is 1. The molecule has 2 rings (SSSR count). The van der Waals surface area contributed by atoms with Crippen LogP contribution in [0.25, 0.3) is 0 Å². The van der Waals surface area contributed by atoms with E-state index in [9.17, 15) is 0 Å².